The van der Waals surface area contributed by atoms with E-state index in [1.165, 1.54) is 0 Å². The molecule has 0 saturated carbocycles. The second kappa shape index (κ2) is 10.9. The number of anilines is 2. The lowest BCUT2D eigenvalue weighted by Crippen LogP contribution is -2.42. The molecule has 2 aromatic heterocycles. The third kappa shape index (κ3) is 5.43. The van der Waals surface area contributed by atoms with Gasteiger partial charge in [0.15, 0.2) is 11.2 Å². The van der Waals surface area contributed by atoms with Crippen LogP contribution in [0.3, 0.4) is 0 Å². The number of hydrogen-bond acceptors (Lipinski definition) is 8. The van der Waals surface area contributed by atoms with Crippen molar-refractivity contribution in [2.75, 3.05) is 10.6 Å². The highest BCUT2D eigenvalue weighted by Gasteiger charge is 2.32. The first-order chi connectivity index (χ1) is 20.7. The van der Waals surface area contributed by atoms with Crippen LogP contribution >= 0.6 is 0 Å². The molecule has 0 aliphatic rings. The zero-order valence-electron chi connectivity index (χ0n) is 22.9. The number of benzene rings is 4. The summed E-state index contributed by atoms with van der Waals surface area (Å²) in [4.78, 5) is 51.0. The van der Waals surface area contributed by atoms with E-state index in [0.29, 0.717) is 33.9 Å². The predicted molar refractivity (Wildman–Crippen MR) is 161 cm³/mol. The molecule has 12 nitrogen and oxygen atoms in total. The molecule has 13 heteroatoms. The molecule has 43 heavy (non-hydrogen) atoms. The summed E-state index contributed by atoms with van der Waals surface area (Å²) in [5.41, 5.74) is 1.83. The molecule has 0 radical (unpaired) electrons. The summed E-state index contributed by atoms with van der Waals surface area (Å²) in [6, 6.07) is 25.2. The molecule has 6 rings (SSSR count). The van der Waals surface area contributed by atoms with E-state index >= 15 is 0 Å². The lowest BCUT2D eigenvalue weighted by molar-refractivity contribution is 0.251. The van der Waals surface area contributed by atoms with Gasteiger partial charge in [-0.15, -0.1) is 0 Å². The van der Waals surface area contributed by atoms with Crippen molar-refractivity contribution in [3.63, 3.8) is 0 Å². The minimum Gasteiger partial charge on any atom is -0.510 e. The van der Waals surface area contributed by atoms with Crippen LogP contribution in [0.2, 0.25) is 13.1 Å². The van der Waals surface area contributed by atoms with E-state index in [9.17, 15) is 19.2 Å². The number of nitrogens with zero attached hydrogens (tertiary/aromatic N) is 2. The highest BCUT2D eigenvalue weighted by molar-refractivity contribution is 6.66. The van der Waals surface area contributed by atoms with Gasteiger partial charge in [0.1, 0.15) is 11.5 Å². The second-order valence-corrected chi connectivity index (χ2v) is 13.0. The lowest BCUT2D eigenvalue weighted by atomic mass is 10.3. The van der Waals surface area contributed by atoms with Crippen molar-refractivity contribution in [3.05, 3.63) is 118 Å². The molecule has 0 aliphatic heterocycles. The van der Waals surface area contributed by atoms with Crippen molar-refractivity contribution in [1.29, 1.82) is 0 Å². The van der Waals surface area contributed by atoms with Gasteiger partial charge in [-0.2, -0.15) is 9.13 Å². The zero-order valence-corrected chi connectivity index (χ0v) is 23.9. The van der Waals surface area contributed by atoms with Crippen molar-refractivity contribution in [3.8, 4) is 11.5 Å². The molecule has 216 valence electrons. The fourth-order valence-corrected chi connectivity index (χ4v) is 5.98. The standard InChI is InChI=1S/C30H24N4O8Si/c1-43(2,41-23-15-7-3-11-19(23)31-27(35)33-21-13-5-9-17-25(21)39-29(33)37)42-24-16-8-4-12-20(24)32-28(36)34-22-14-6-10-18-26(22)40-30(34)38/h3-18H,1-2H3,(H,31,35)(H,32,36). The van der Waals surface area contributed by atoms with Gasteiger partial charge in [-0.3, -0.25) is 0 Å². The number of oxazole rings is 2. The Hall–Kier alpha value is -5.82. The maximum Gasteiger partial charge on any atom is 0.454 e. The van der Waals surface area contributed by atoms with Crippen LogP contribution < -0.4 is 31.0 Å². The first-order valence-electron chi connectivity index (χ1n) is 13.1. The smallest absolute Gasteiger partial charge is 0.454 e. The molecule has 4 aromatic carbocycles. The summed E-state index contributed by atoms with van der Waals surface area (Å²) in [6.07, 6.45) is 0. The zero-order chi connectivity index (χ0) is 30.1. The number of amides is 2. The lowest BCUT2D eigenvalue weighted by Gasteiger charge is -2.27. The van der Waals surface area contributed by atoms with Crippen molar-refractivity contribution in [2.45, 2.75) is 13.1 Å². The molecule has 0 atom stereocenters. The molecule has 2 N–H and O–H groups in total. The summed E-state index contributed by atoms with van der Waals surface area (Å²) in [5, 5.41) is 5.43. The summed E-state index contributed by atoms with van der Waals surface area (Å²) in [7, 11) is -3.07. The first-order valence-corrected chi connectivity index (χ1v) is 15.9. The van der Waals surface area contributed by atoms with E-state index in [1.54, 1.807) is 110 Å². The average molecular weight is 597 g/mol. The molecule has 0 bridgehead atoms. The van der Waals surface area contributed by atoms with E-state index in [4.69, 9.17) is 17.7 Å². The monoisotopic (exact) mass is 596 g/mol. The molecule has 2 amide bonds. The van der Waals surface area contributed by atoms with Gasteiger partial charge in [-0.25, -0.2) is 19.2 Å². The van der Waals surface area contributed by atoms with Crippen molar-refractivity contribution < 1.29 is 27.3 Å². The van der Waals surface area contributed by atoms with Crippen LogP contribution in [0.25, 0.3) is 22.2 Å². The Bertz CT molecular complexity index is 1970. The van der Waals surface area contributed by atoms with Crippen LogP contribution in [0.4, 0.5) is 21.0 Å². The molecular formula is C30H24N4O8Si. The van der Waals surface area contributed by atoms with Crippen molar-refractivity contribution in [2.24, 2.45) is 0 Å². The largest absolute Gasteiger partial charge is 0.510 e. The van der Waals surface area contributed by atoms with Gasteiger partial charge in [-0.05, 0) is 48.5 Å². The molecule has 0 fully saturated rings. The average Bonchev–Trinajstić information content (AvgIpc) is 3.49. The Morgan fingerprint density at radius 1 is 0.605 bits per heavy atom. The van der Waals surface area contributed by atoms with E-state index < -0.39 is 32.1 Å². The van der Waals surface area contributed by atoms with Gasteiger partial charge in [0, 0.05) is 13.1 Å². The van der Waals surface area contributed by atoms with Crippen LogP contribution in [0, 0.1) is 0 Å². The van der Waals surface area contributed by atoms with Gasteiger partial charge in [0.05, 0.1) is 22.4 Å². The molecule has 0 spiro atoms. The van der Waals surface area contributed by atoms with Crippen LogP contribution in [-0.2, 0) is 0 Å². The third-order valence-corrected chi connectivity index (χ3v) is 7.77. The fourth-order valence-electron chi connectivity index (χ4n) is 4.53. The van der Waals surface area contributed by atoms with E-state index in [-0.39, 0.29) is 11.2 Å². The van der Waals surface area contributed by atoms with E-state index in [0.717, 1.165) is 9.13 Å². The van der Waals surface area contributed by atoms with Gasteiger partial charge in [-0.1, -0.05) is 48.5 Å². The van der Waals surface area contributed by atoms with Gasteiger partial charge >= 0.3 is 32.1 Å². The molecule has 6 aromatic rings. The van der Waals surface area contributed by atoms with Crippen LogP contribution in [-0.4, -0.2) is 29.8 Å². The Morgan fingerprint density at radius 2 is 0.977 bits per heavy atom. The van der Waals surface area contributed by atoms with Gasteiger partial charge in [0.2, 0.25) is 0 Å². The predicted octanol–water partition coefficient (Wildman–Crippen LogP) is 5.82. The van der Waals surface area contributed by atoms with Crippen molar-refractivity contribution in [1.82, 2.24) is 9.13 Å². The number of carbonyl (C=O) groups excluding carboxylic acids is 2. The molecule has 0 unspecified atom stereocenters. The molecule has 2 heterocycles. The maximum atomic E-state index is 13.1. The summed E-state index contributed by atoms with van der Waals surface area (Å²) < 4.78 is 24.7. The Balaban J connectivity index is 1.22. The normalized spacial score (nSPS) is 11.4. The minimum atomic E-state index is -3.07. The Kier molecular flexibility index (Phi) is 6.91. The minimum absolute atomic E-state index is 0.283. The molecular weight excluding hydrogens is 572 g/mol. The van der Waals surface area contributed by atoms with E-state index in [1.807, 2.05) is 0 Å². The number of carbonyl (C=O) groups is 2. The number of fused-ring (bicyclic) bond motifs is 2. The molecule has 0 aliphatic carbocycles. The van der Waals surface area contributed by atoms with Gasteiger partial charge < -0.3 is 28.3 Å². The highest BCUT2D eigenvalue weighted by atomic mass is 28.4. The summed E-state index contributed by atoms with van der Waals surface area (Å²) in [6.45, 7) is 3.57. The third-order valence-electron chi connectivity index (χ3n) is 6.35. The van der Waals surface area contributed by atoms with Crippen LogP contribution in [0.1, 0.15) is 0 Å². The van der Waals surface area contributed by atoms with Gasteiger partial charge in [0.25, 0.3) is 0 Å². The van der Waals surface area contributed by atoms with Crippen LogP contribution in [0.15, 0.2) is 115 Å². The van der Waals surface area contributed by atoms with E-state index in [2.05, 4.69) is 10.6 Å². The summed E-state index contributed by atoms with van der Waals surface area (Å²) >= 11 is 0. The number of hydrogen-bond donors (Lipinski definition) is 2. The first kappa shape index (κ1) is 27.4. The highest BCUT2D eigenvalue weighted by Crippen LogP contribution is 2.31. The number of aromatic nitrogens is 2. The number of para-hydroxylation sites is 8. The molecule has 0 saturated heterocycles. The number of nitrogens with one attached hydrogen (secondary N) is 2. The Labute approximate surface area is 243 Å². The fraction of sp³-hybridized carbons (Fsp3) is 0.0667. The SMILES string of the molecule is C[Si](C)(Oc1ccccc1NC(=O)n1c(=O)oc2ccccc21)Oc1ccccc1NC(=O)n1c(=O)oc2ccccc21. The second-order valence-electron chi connectivity index (χ2n) is 9.80. The maximum absolute atomic E-state index is 13.1. The summed E-state index contributed by atoms with van der Waals surface area (Å²) in [5.74, 6) is -1.02. The topological polar surface area (TPSA) is 147 Å². The Morgan fingerprint density at radius 3 is 1.42 bits per heavy atom. The number of rotatable bonds is 6. The van der Waals surface area contributed by atoms with Crippen LogP contribution in [0.5, 0.6) is 11.5 Å². The quantitative estimate of drug-likeness (QED) is 0.229. The van der Waals surface area contributed by atoms with Crippen molar-refractivity contribution >= 4 is 54.2 Å².